The first kappa shape index (κ1) is 19.3. The lowest BCUT2D eigenvalue weighted by Crippen LogP contribution is -2.29. The maximum Gasteiger partial charge on any atom is 0.328 e. The van der Waals surface area contributed by atoms with E-state index < -0.39 is 0 Å². The molecule has 0 fully saturated rings. The van der Waals surface area contributed by atoms with E-state index in [4.69, 9.17) is 0 Å². The van der Waals surface area contributed by atoms with Gasteiger partial charge in [-0.15, -0.1) is 0 Å². The molecule has 3 rings (SSSR count). The average Bonchev–Trinajstić information content (AvgIpc) is 2.92. The van der Waals surface area contributed by atoms with Gasteiger partial charge in [0.25, 0.3) is 0 Å². The normalized spacial score (nSPS) is 11.0. The Morgan fingerprint density at radius 3 is 2.52 bits per heavy atom. The van der Waals surface area contributed by atoms with Crippen LogP contribution in [0.2, 0.25) is 0 Å². The maximum absolute atomic E-state index is 12.3. The summed E-state index contributed by atoms with van der Waals surface area (Å²) in [6, 6.07) is 16.2. The van der Waals surface area contributed by atoms with Crippen LogP contribution >= 0.6 is 11.8 Å². The van der Waals surface area contributed by atoms with Gasteiger partial charge >= 0.3 is 5.69 Å². The van der Waals surface area contributed by atoms with Crippen LogP contribution in [-0.4, -0.2) is 27.3 Å². The third kappa shape index (κ3) is 4.83. The van der Waals surface area contributed by atoms with Gasteiger partial charge in [-0.2, -0.15) is 11.8 Å². The number of benzene rings is 2. The van der Waals surface area contributed by atoms with Crippen molar-refractivity contribution in [1.82, 2.24) is 14.5 Å². The van der Waals surface area contributed by atoms with E-state index in [9.17, 15) is 9.59 Å². The number of aryl methyl sites for hydroxylation is 3. The van der Waals surface area contributed by atoms with Crippen LogP contribution in [0, 0.1) is 6.92 Å². The van der Waals surface area contributed by atoms with Crippen molar-refractivity contribution in [2.75, 3.05) is 12.3 Å². The minimum Gasteiger partial charge on any atom is -0.355 e. The Morgan fingerprint density at radius 2 is 1.78 bits per heavy atom. The highest BCUT2D eigenvalue weighted by Crippen LogP contribution is 2.13. The van der Waals surface area contributed by atoms with Crippen LogP contribution in [0.5, 0.6) is 0 Å². The van der Waals surface area contributed by atoms with Crippen LogP contribution in [-0.2, 0) is 24.1 Å². The summed E-state index contributed by atoms with van der Waals surface area (Å²) in [6.45, 7) is 3.11. The maximum atomic E-state index is 12.3. The van der Waals surface area contributed by atoms with Crippen molar-refractivity contribution < 1.29 is 4.79 Å². The van der Waals surface area contributed by atoms with Crippen molar-refractivity contribution in [2.45, 2.75) is 25.6 Å². The standard InChI is InChI=1S/C21H25N3O2S/c1-16-7-9-17(10-8-16)15-27-14-12-22-20(25)11-13-24-19-6-4-3-5-18(19)23(2)21(24)26/h3-10H,11-15H2,1-2H3,(H,22,25). The molecule has 5 nitrogen and oxygen atoms in total. The van der Waals surface area contributed by atoms with Crippen molar-refractivity contribution in [3.8, 4) is 0 Å². The van der Waals surface area contributed by atoms with Crippen LogP contribution in [0.25, 0.3) is 11.0 Å². The summed E-state index contributed by atoms with van der Waals surface area (Å²) in [5.41, 5.74) is 4.23. The highest BCUT2D eigenvalue weighted by atomic mass is 32.2. The predicted molar refractivity (Wildman–Crippen MR) is 112 cm³/mol. The summed E-state index contributed by atoms with van der Waals surface area (Å²) in [4.78, 5) is 24.4. The van der Waals surface area contributed by atoms with Crippen molar-refractivity contribution in [1.29, 1.82) is 0 Å². The molecule has 1 heterocycles. The van der Waals surface area contributed by atoms with Gasteiger partial charge in [0.15, 0.2) is 0 Å². The lowest BCUT2D eigenvalue weighted by molar-refractivity contribution is -0.121. The summed E-state index contributed by atoms with van der Waals surface area (Å²) in [6.07, 6.45) is 0.302. The summed E-state index contributed by atoms with van der Waals surface area (Å²) in [5.74, 6) is 1.79. The van der Waals surface area contributed by atoms with E-state index in [-0.39, 0.29) is 11.6 Å². The molecule has 0 aliphatic rings. The molecular formula is C21H25N3O2S. The lowest BCUT2D eigenvalue weighted by atomic mass is 10.2. The van der Waals surface area contributed by atoms with Crippen molar-refractivity contribution >= 4 is 28.7 Å². The number of aromatic nitrogens is 2. The second-order valence-electron chi connectivity index (χ2n) is 6.62. The summed E-state index contributed by atoms with van der Waals surface area (Å²) in [7, 11) is 1.76. The second-order valence-corrected chi connectivity index (χ2v) is 7.73. The molecule has 2 aromatic carbocycles. The molecule has 1 N–H and O–H groups in total. The quantitative estimate of drug-likeness (QED) is 0.608. The summed E-state index contributed by atoms with van der Waals surface area (Å²) >= 11 is 1.80. The van der Waals surface area contributed by atoms with E-state index >= 15 is 0 Å². The Kier molecular flexibility index (Phi) is 6.40. The van der Waals surface area contributed by atoms with Crippen molar-refractivity contribution in [3.05, 3.63) is 70.1 Å². The average molecular weight is 384 g/mol. The number of imidazole rings is 1. The molecule has 0 saturated heterocycles. The molecule has 0 bridgehead atoms. The Labute approximate surface area is 163 Å². The van der Waals surface area contributed by atoms with Gasteiger partial charge in [0.1, 0.15) is 0 Å². The van der Waals surface area contributed by atoms with Crippen LogP contribution in [0.1, 0.15) is 17.5 Å². The van der Waals surface area contributed by atoms with E-state index in [1.54, 1.807) is 27.9 Å². The van der Waals surface area contributed by atoms with Gasteiger partial charge in [-0.3, -0.25) is 13.9 Å². The van der Waals surface area contributed by atoms with Gasteiger partial charge in [0.05, 0.1) is 11.0 Å². The molecule has 1 aromatic heterocycles. The third-order valence-electron chi connectivity index (χ3n) is 4.57. The fraction of sp³-hybridized carbons (Fsp3) is 0.333. The Morgan fingerprint density at radius 1 is 1.07 bits per heavy atom. The number of rotatable bonds is 8. The number of para-hydroxylation sites is 2. The van der Waals surface area contributed by atoms with E-state index in [1.807, 2.05) is 24.3 Å². The topological polar surface area (TPSA) is 56.0 Å². The molecule has 0 spiro atoms. The third-order valence-corrected chi connectivity index (χ3v) is 5.60. The Hall–Kier alpha value is -2.47. The van der Waals surface area contributed by atoms with Crippen molar-refractivity contribution in [2.24, 2.45) is 7.05 Å². The molecule has 3 aromatic rings. The van der Waals surface area contributed by atoms with Crippen LogP contribution in [0.15, 0.2) is 53.3 Å². The Bertz CT molecular complexity index is 973. The first-order chi connectivity index (χ1) is 13.1. The molecular weight excluding hydrogens is 358 g/mol. The first-order valence-corrected chi connectivity index (χ1v) is 10.3. The summed E-state index contributed by atoms with van der Waals surface area (Å²) in [5, 5.41) is 2.94. The fourth-order valence-corrected chi connectivity index (χ4v) is 3.84. The molecule has 6 heteroatoms. The molecule has 0 atom stereocenters. The lowest BCUT2D eigenvalue weighted by Gasteiger charge is -2.06. The zero-order valence-corrected chi connectivity index (χ0v) is 16.6. The molecule has 0 aliphatic heterocycles. The smallest absolute Gasteiger partial charge is 0.328 e. The Balaban J connectivity index is 1.42. The molecule has 0 saturated carbocycles. The number of fused-ring (bicyclic) bond motifs is 1. The van der Waals surface area contributed by atoms with Crippen LogP contribution in [0.3, 0.4) is 0 Å². The summed E-state index contributed by atoms with van der Waals surface area (Å²) < 4.78 is 3.29. The van der Waals surface area contributed by atoms with Crippen LogP contribution in [0.4, 0.5) is 0 Å². The second kappa shape index (κ2) is 8.95. The van der Waals surface area contributed by atoms with Gasteiger partial charge in [-0.05, 0) is 24.6 Å². The molecule has 27 heavy (non-hydrogen) atoms. The number of thioether (sulfide) groups is 1. The van der Waals surface area contributed by atoms with Gasteiger partial charge in [0, 0.05) is 38.1 Å². The van der Waals surface area contributed by atoms with E-state index in [1.165, 1.54) is 11.1 Å². The number of amides is 1. The zero-order chi connectivity index (χ0) is 19.2. The number of hydrogen-bond acceptors (Lipinski definition) is 3. The van der Waals surface area contributed by atoms with Gasteiger partial charge in [-0.25, -0.2) is 4.79 Å². The van der Waals surface area contributed by atoms with Gasteiger partial charge < -0.3 is 5.32 Å². The molecule has 142 valence electrons. The van der Waals surface area contributed by atoms with Gasteiger partial charge in [-0.1, -0.05) is 42.0 Å². The first-order valence-electron chi connectivity index (χ1n) is 9.10. The van der Waals surface area contributed by atoms with E-state index in [0.29, 0.717) is 19.5 Å². The van der Waals surface area contributed by atoms with E-state index in [2.05, 4.69) is 36.5 Å². The highest BCUT2D eigenvalue weighted by molar-refractivity contribution is 7.98. The number of carbonyl (C=O) groups is 1. The minimum absolute atomic E-state index is 0.0224. The zero-order valence-electron chi connectivity index (χ0n) is 15.8. The number of nitrogens with one attached hydrogen (secondary N) is 1. The molecule has 0 unspecified atom stereocenters. The highest BCUT2D eigenvalue weighted by Gasteiger charge is 2.11. The van der Waals surface area contributed by atoms with Crippen molar-refractivity contribution in [3.63, 3.8) is 0 Å². The predicted octanol–water partition coefficient (Wildman–Crippen LogP) is 3.09. The molecule has 0 radical (unpaired) electrons. The molecule has 1 amide bonds. The number of hydrogen-bond donors (Lipinski definition) is 1. The SMILES string of the molecule is Cc1ccc(CSCCNC(=O)CCn2c(=O)n(C)c3ccccc32)cc1. The largest absolute Gasteiger partial charge is 0.355 e. The monoisotopic (exact) mass is 383 g/mol. The van der Waals surface area contributed by atoms with Gasteiger partial charge in [0.2, 0.25) is 5.91 Å². The van der Waals surface area contributed by atoms with E-state index in [0.717, 1.165) is 22.5 Å². The number of nitrogens with zero attached hydrogens (tertiary/aromatic N) is 2. The number of carbonyl (C=O) groups excluding carboxylic acids is 1. The fourth-order valence-electron chi connectivity index (χ4n) is 3.02. The molecule has 0 aliphatic carbocycles. The minimum atomic E-state index is -0.0855. The van der Waals surface area contributed by atoms with Crippen LogP contribution < -0.4 is 11.0 Å².